The number of tetrazole rings is 1. The van der Waals surface area contributed by atoms with Gasteiger partial charge in [0, 0.05) is 19.1 Å². The Morgan fingerprint density at radius 3 is 2.90 bits per heavy atom. The second kappa shape index (κ2) is 9.10. The number of aromatic nitrogens is 4. The van der Waals surface area contributed by atoms with Gasteiger partial charge < -0.3 is 5.32 Å². The standard InChI is InChI=1S/C15H30N6/c1-3-5-11-21-15(17-18-19-21)13-20(10-4-2)12-14-8-6-7-9-16-14/h14,16H,3-13H2,1-2H3. The Bertz CT molecular complexity index is 385. The highest BCUT2D eigenvalue weighted by atomic mass is 15.5. The van der Waals surface area contributed by atoms with Gasteiger partial charge in [-0.3, -0.25) is 4.90 Å². The molecule has 1 aromatic rings. The molecule has 6 heteroatoms. The molecule has 0 saturated carbocycles. The monoisotopic (exact) mass is 294 g/mol. The fourth-order valence-electron chi connectivity index (χ4n) is 2.96. The van der Waals surface area contributed by atoms with E-state index < -0.39 is 0 Å². The molecule has 1 fully saturated rings. The highest BCUT2D eigenvalue weighted by Gasteiger charge is 2.18. The van der Waals surface area contributed by atoms with Crippen LogP contribution in [0.5, 0.6) is 0 Å². The molecule has 6 nitrogen and oxygen atoms in total. The van der Waals surface area contributed by atoms with E-state index in [1.165, 1.54) is 38.6 Å². The number of aryl methyl sites for hydroxylation is 1. The molecule has 0 spiro atoms. The molecule has 1 unspecified atom stereocenters. The average Bonchev–Trinajstić information content (AvgIpc) is 2.93. The van der Waals surface area contributed by atoms with Crippen molar-refractivity contribution in [1.29, 1.82) is 0 Å². The molecular formula is C15H30N6. The predicted molar refractivity (Wildman–Crippen MR) is 83.9 cm³/mol. The van der Waals surface area contributed by atoms with Gasteiger partial charge in [-0.2, -0.15) is 0 Å². The van der Waals surface area contributed by atoms with E-state index in [0.717, 1.165) is 38.4 Å². The van der Waals surface area contributed by atoms with Gasteiger partial charge >= 0.3 is 0 Å². The maximum absolute atomic E-state index is 4.22. The summed E-state index contributed by atoms with van der Waals surface area (Å²) in [5.41, 5.74) is 0. The van der Waals surface area contributed by atoms with Crippen molar-refractivity contribution >= 4 is 0 Å². The zero-order chi connectivity index (χ0) is 14.9. The molecule has 0 radical (unpaired) electrons. The predicted octanol–water partition coefficient (Wildman–Crippen LogP) is 1.83. The second-order valence-electron chi connectivity index (χ2n) is 6.05. The van der Waals surface area contributed by atoms with Gasteiger partial charge in [-0.05, 0) is 49.2 Å². The van der Waals surface area contributed by atoms with E-state index in [0.29, 0.717) is 6.04 Å². The molecule has 1 saturated heterocycles. The normalized spacial score (nSPS) is 19.3. The molecule has 0 aromatic carbocycles. The molecule has 2 rings (SSSR count). The van der Waals surface area contributed by atoms with Crippen LogP contribution in [0.1, 0.15) is 58.2 Å². The minimum Gasteiger partial charge on any atom is -0.313 e. The number of hydrogen-bond acceptors (Lipinski definition) is 5. The summed E-state index contributed by atoms with van der Waals surface area (Å²) in [5, 5.41) is 15.8. The molecule has 0 amide bonds. The molecule has 1 aliphatic heterocycles. The molecule has 21 heavy (non-hydrogen) atoms. The van der Waals surface area contributed by atoms with Crippen molar-refractivity contribution in [1.82, 2.24) is 30.4 Å². The number of unbranched alkanes of at least 4 members (excludes halogenated alkanes) is 1. The Morgan fingerprint density at radius 1 is 1.29 bits per heavy atom. The molecule has 1 aromatic heterocycles. The summed E-state index contributed by atoms with van der Waals surface area (Å²) in [6.45, 7) is 9.61. The van der Waals surface area contributed by atoms with Crippen molar-refractivity contribution in [2.45, 2.75) is 71.5 Å². The highest BCUT2D eigenvalue weighted by molar-refractivity contribution is 4.84. The fraction of sp³-hybridized carbons (Fsp3) is 0.933. The third-order valence-electron chi connectivity index (χ3n) is 4.13. The van der Waals surface area contributed by atoms with Crippen LogP contribution in [0, 0.1) is 0 Å². The lowest BCUT2D eigenvalue weighted by Gasteiger charge is -2.30. The third-order valence-corrected chi connectivity index (χ3v) is 4.13. The van der Waals surface area contributed by atoms with Gasteiger partial charge in [0.2, 0.25) is 0 Å². The summed E-state index contributed by atoms with van der Waals surface area (Å²) in [6.07, 6.45) is 7.44. The lowest BCUT2D eigenvalue weighted by Crippen LogP contribution is -2.44. The van der Waals surface area contributed by atoms with Crippen LogP contribution in [0.25, 0.3) is 0 Å². The van der Waals surface area contributed by atoms with Crippen LogP contribution in [0.3, 0.4) is 0 Å². The van der Waals surface area contributed by atoms with Crippen molar-refractivity contribution in [3.8, 4) is 0 Å². The highest BCUT2D eigenvalue weighted by Crippen LogP contribution is 2.11. The first-order valence-corrected chi connectivity index (χ1v) is 8.54. The lowest BCUT2D eigenvalue weighted by molar-refractivity contribution is 0.209. The minimum absolute atomic E-state index is 0.630. The Balaban J connectivity index is 1.90. The summed E-state index contributed by atoms with van der Waals surface area (Å²) < 4.78 is 1.97. The summed E-state index contributed by atoms with van der Waals surface area (Å²) in [7, 11) is 0. The fourth-order valence-corrected chi connectivity index (χ4v) is 2.96. The quantitative estimate of drug-likeness (QED) is 0.753. The van der Waals surface area contributed by atoms with Gasteiger partial charge in [-0.1, -0.05) is 26.7 Å². The molecule has 0 bridgehead atoms. The molecule has 1 N–H and O–H groups in total. The maximum Gasteiger partial charge on any atom is 0.165 e. The maximum atomic E-state index is 4.22. The first kappa shape index (κ1) is 16.4. The Hall–Kier alpha value is -1.01. The third kappa shape index (κ3) is 5.36. The van der Waals surface area contributed by atoms with Gasteiger partial charge in [0.1, 0.15) is 0 Å². The zero-order valence-corrected chi connectivity index (χ0v) is 13.6. The number of piperidine rings is 1. The van der Waals surface area contributed by atoms with Crippen LogP contribution in [0.15, 0.2) is 0 Å². The van der Waals surface area contributed by atoms with Crippen LogP contribution in [-0.2, 0) is 13.1 Å². The second-order valence-corrected chi connectivity index (χ2v) is 6.05. The van der Waals surface area contributed by atoms with Crippen molar-refractivity contribution in [2.75, 3.05) is 19.6 Å². The van der Waals surface area contributed by atoms with E-state index in [4.69, 9.17) is 0 Å². The van der Waals surface area contributed by atoms with Crippen LogP contribution >= 0.6 is 0 Å². The largest absolute Gasteiger partial charge is 0.313 e. The molecule has 0 aliphatic carbocycles. The SMILES string of the molecule is CCCCn1nnnc1CN(CCC)CC1CCCCN1. The number of nitrogens with zero attached hydrogens (tertiary/aromatic N) is 5. The minimum atomic E-state index is 0.630. The van der Waals surface area contributed by atoms with Crippen molar-refractivity contribution < 1.29 is 0 Å². The van der Waals surface area contributed by atoms with Crippen LogP contribution in [0.4, 0.5) is 0 Å². The van der Waals surface area contributed by atoms with E-state index in [2.05, 4.69) is 39.6 Å². The van der Waals surface area contributed by atoms with E-state index in [9.17, 15) is 0 Å². The Labute approximate surface area is 128 Å². The van der Waals surface area contributed by atoms with E-state index >= 15 is 0 Å². The number of rotatable bonds is 9. The first-order chi connectivity index (χ1) is 10.3. The van der Waals surface area contributed by atoms with Crippen molar-refractivity contribution in [3.63, 3.8) is 0 Å². The van der Waals surface area contributed by atoms with E-state index in [1.807, 2.05) is 4.68 Å². The number of hydrogen-bond donors (Lipinski definition) is 1. The van der Waals surface area contributed by atoms with Gasteiger partial charge in [-0.15, -0.1) is 5.10 Å². The van der Waals surface area contributed by atoms with Crippen LogP contribution in [-0.4, -0.2) is 50.8 Å². The van der Waals surface area contributed by atoms with Gasteiger partial charge in [0.05, 0.1) is 6.54 Å². The molecule has 1 aliphatic rings. The summed E-state index contributed by atoms with van der Waals surface area (Å²) in [6, 6.07) is 0.630. The number of nitrogens with one attached hydrogen (secondary N) is 1. The zero-order valence-electron chi connectivity index (χ0n) is 13.6. The van der Waals surface area contributed by atoms with Gasteiger partial charge in [0.25, 0.3) is 0 Å². The van der Waals surface area contributed by atoms with Crippen LogP contribution in [0.2, 0.25) is 0 Å². The van der Waals surface area contributed by atoms with Crippen molar-refractivity contribution in [3.05, 3.63) is 5.82 Å². The van der Waals surface area contributed by atoms with E-state index in [1.54, 1.807) is 0 Å². The lowest BCUT2D eigenvalue weighted by atomic mass is 10.0. The topological polar surface area (TPSA) is 58.9 Å². The smallest absolute Gasteiger partial charge is 0.165 e. The Morgan fingerprint density at radius 2 is 2.19 bits per heavy atom. The molecular weight excluding hydrogens is 264 g/mol. The summed E-state index contributed by atoms with van der Waals surface area (Å²) in [4.78, 5) is 2.50. The molecule has 1 atom stereocenters. The summed E-state index contributed by atoms with van der Waals surface area (Å²) in [5.74, 6) is 1.01. The van der Waals surface area contributed by atoms with E-state index in [-0.39, 0.29) is 0 Å². The van der Waals surface area contributed by atoms with Gasteiger partial charge in [-0.25, -0.2) is 4.68 Å². The summed E-state index contributed by atoms with van der Waals surface area (Å²) >= 11 is 0. The Kier molecular flexibility index (Phi) is 7.09. The molecule has 120 valence electrons. The average molecular weight is 294 g/mol. The van der Waals surface area contributed by atoms with Crippen LogP contribution < -0.4 is 5.32 Å². The first-order valence-electron chi connectivity index (χ1n) is 8.54. The van der Waals surface area contributed by atoms with Gasteiger partial charge in [0.15, 0.2) is 5.82 Å². The van der Waals surface area contributed by atoms with Crippen molar-refractivity contribution in [2.24, 2.45) is 0 Å². The molecule has 2 heterocycles.